The normalized spacial score (nSPS) is 17.7. The standard InChI is InChI=1S/C21H26N2O3/c1-21(2)13-18(17-10-9-16(25-5)12-19(17)26-21)22-20(24)14-7-6-8-15(11-14)23(3)4/h6-12,18H,13H2,1-5H3,(H,22,24)/t18-/m0/s1. The van der Waals surface area contributed by atoms with Gasteiger partial charge in [0.1, 0.15) is 17.1 Å². The fourth-order valence-electron chi connectivity index (χ4n) is 3.25. The third kappa shape index (κ3) is 3.77. The minimum Gasteiger partial charge on any atom is -0.497 e. The van der Waals surface area contributed by atoms with E-state index in [2.05, 4.69) is 5.32 Å². The number of ether oxygens (including phenoxy) is 2. The van der Waals surface area contributed by atoms with Gasteiger partial charge < -0.3 is 19.7 Å². The number of amides is 1. The summed E-state index contributed by atoms with van der Waals surface area (Å²) in [5.41, 5.74) is 2.25. The Labute approximate surface area is 154 Å². The van der Waals surface area contributed by atoms with Crippen LogP contribution in [0.2, 0.25) is 0 Å². The van der Waals surface area contributed by atoms with Crippen LogP contribution in [0.4, 0.5) is 5.69 Å². The first kappa shape index (κ1) is 18.1. The van der Waals surface area contributed by atoms with E-state index >= 15 is 0 Å². The molecule has 0 saturated carbocycles. The van der Waals surface area contributed by atoms with Gasteiger partial charge in [0, 0.05) is 43.4 Å². The molecule has 3 rings (SSSR count). The van der Waals surface area contributed by atoms with Gasteiger partial charge in [0.05, 0.1) is 13.2 Å². The third-order valence-corrected chi connectivity index (χ3v) is 4.61. The molecule has 1 aliphatic heterocycles. The lowest BCUT2D eigenvalue weighted by atomic mass is 9.89. The Morgan fingerprint density at radius 2 is 2.00 bits per heavy atom. The first-order chi connectivity index (χ1) is 12.3. The van der Waals surface area contributed by atoms with E-state index in [1.807, 2.05) is 75.3 Å². The summed E-state index contributed by atoms with van der Waals surface area (Å²) in [7, 11) is 5.55. The molecular formula is C21H26N2O3. The Bertz CT molecular complexity index is 815. The van der Waals surface area contributed by atoms with Gasteiger partial charge in [-0.05, 0) is 44.2 Å². The maximum absolute atomic E-state index is 12.8. The molecular weight excluding hydrogens is 328 g/mol. The second-order valence-corrected chi connectivity index (χ2v) is 7.44. The van der Waals surface area contributed by atoms with E-state index in [9.17, 15) is 4.79 Å². The number of nitrogens with zero attached hydrogens (tertiary/aromatic N) is 1. The first-order valence-corrected chi connectivity index (χ1v) is 8.74. The summed E-state index contributed by atoms with van der Waals surface area (Å²) >= 11 is 0. The van der Waals surface area contributed by atoms with Crippen molar-refractivity contribution in [2.45, 2.75) is 31.9 Å². The number of benzene rings is 2. The highest BCUT2D eigenvalue weighted by molar-refractivity contribution is 5.95. The second-order valence-electron chi connectivity index (χ2n) is 7.44. The molecule has 0 saturated heterocycles. The SMILES string of the molecule is COc1ccc2c(c1)OC(C)(C)C[C@@H]2NC(=O)c1cccc(N(C)C)c1. The zero-order valence-corrected chi connectivity index (χ0v) is 16.0. The van der Waals surface area contributed by atoms with Crippen LogP contribution in [0.1, 0.15) is 42.2 Å². The van der Waals surface area contributed by atoms with Crippen LogP contribution in [-0.2, 0) is 0 Å². The van der Waals surface area contributed by atoms with Gasteiger partial charge in [-0.25, -0.2) is 0 Å². The number of rotatable bonds is 4. The van der Waals surface area contributed by atoms with Gasteiger partial charge in [0.25, 0.3) is 5.91 Å². The average molecular weight is 354 g/mol. The van der Waals surface area contributed by atoms with Crippen LogP contribution in [0.5, 0.6) is 11.5 Å². The van der Waals surface area contributed by atoms with Crippen LogP contribution >= 0.6 is 0 Å². The Morgan fingerprint density at radius 3 is 2.69 bits per heavy atom. The van der Waals surface area contributed by atoms with Crippen molar-refractivity contribution in [2.24, 2.45) is 0 Å². The summed E-state index contributed by atoms with van der Waals surface area (Å²) in [5, 5.41) is 3.17. The summed E-state index contributed by atoms with van der Waals surface area (Å²) in [6.07, 6.45) is 0.700. The van der Waals surface area contributed by atoms with Crippen molar-refractivity contribution in [3.8, 4) is 11.5 Å². The molecule has 1 aliphatic rings. The molecule has 26 heavy (non-hydrogen) atoms. The topological polar surface area (TPSA) is 50.8 Å². The average Bonchev–Trinajstić information content (AvgIpc) is 2.60. The molecule has 1 N–H and O–H groups in total. The minimum atomic E-state index is -0.372. The molecule has 138 valence electrons. The van der Waals surface area contributed by atoms with Crippen molar-refractivity contribution >= 4 is 11.6 Å². The number of hydrogen-bond donors (Lipinski definition) is 1. The molecule has 5 heteroatoms. The fraction of sp³-hybridized carbons (Fsp3) is 0.381. The zero-order valence-electron chi connectivity index (χ0n) is 16.0. The molecule has 0 spiro atoms. The van der Waals surface area contributed by atoms with Gasteiger partial charge in [-0.1, -0.05) is 6.07 Å². The smallest absolute Gasteiger partial charge is 0.251 e. The number of carbonyl (C=O) groups is 1. The van der Waals surface area contributed by atoms with E-state index in [0.29, 0.717) is 12.0 Å². The lowest BCUT2D eigenvalue weighted by molar-refractivity contribution is 0.0617. The Morgan fingerprint density at radius 1 is 1.23 bits per heavy atom. The van der Waals surface area contributed by atoms with E-state index in [1.165, 1.54) is 0 Å². The number of fused-ring (bicyclic) bond motifs is 1. The molecule has 0 aliphatic carbocycles. The molecule has 2 aromatic carbocycles. The molecule has 0 fully saturated rings. The van der Waals surface area contributed by atoms with Crippen LogP contribution in [0.15, 0.2) is 42.5 Å². The number of carbonyl (C=O) groups excluding carboxylic acids is 1. The van der Waals surface area contributed by atoms with Crippen LogP contribution in [0.3, 0.4) is 0 Å². The van der Waals surface area contributed by atoms with Gasteiger partial charge in [-0.3, -0.25) is 4.79 Å². The maximum Gasteiger partial charge on any atom is 0.251 e. The molecule has 0 aromatic heterocycles. The predicted octanol–water partition coefficient (Wildman–Crippen LogP) is 3.79. The third-order valence-electron chi connectivity index (χ3n) is 4.61. The van der Waals surface area contributed by atoms with Crippen molar-refractivity contribution in [1.29, 1.82) is 0 Å². The molecule has 5 nitrogen and oxygen atoms in total. The molecule has 0 unspecified atom stereocenters. The lowest BCUT2D eigenvalue weighted by Crippen LogP contribution is -2.41. The summed E-state index contributed by atoms with van der Waals surface area (Å²) in [6.45, 7) is 4.06. The summed E-state index contributed by atoms with van der Waals surface area (Å²) < 4.78 is 11.4. The fourth-order valence-corrected chi connectivity index (χ4v) is 3.25. The van der Waals surface area contributed by atoms with Crippen molar-refractivity contribution in [3.05, 3.63) is 53.6 Å². The first-order valence-electron chi connectivity index (χ1n) is 8.74. The van der Waals surface area contributed by atoms with Crippen molar-refractivity contribution < 1.29 is 14.3 Å². The Hall–Kier alpha value is -2.69. The van der Waals surface area contributed by atoms with E-state index < -0.39 is 0 Å². The highest BCUT2D eigenvalue weighted by Crippen LogP contribution is 2.41. The van der Waals surface area contributed by atoms with E-state index in [1.54, 1.807) is 7.11 Å². The number of hydrogen-bond acceptors (Lipinski definition) is 4. The summed E-state index contributed by atoms with van der Waals surface area (Å²) in [5.74, 6) is 1.41. The molecule has 2 aromatic rings. The van der Waals surface area contributed by atoms with Crippen LogP contribution < -0.4 is 19.7 Å². The van der Waals surface area contributed by atoms with Gasteiger partial charge in [-0.15, -0.1) is 0 Å². The Kier molecular flexibility index (Phi) is 4.81. The minimum absolute atomic E-state index is 0.0850. The van der Waals surface area contributed by atoms with Crippen LogP contribution in [0.25, 0.3) is 0 Å². The van der Waals surface area contributed by atoms with Crippen LogP contribution in [-0.4, -0.2) is 32.7 Å². The van der Waals surface area contributed by atoms with E-state index in [0.717, 1.165) is 22.7 Å². The van der Waals surface area contributed by atoms with Crippen molar-refractivity contribution in [3.63, 3.8) is 0 Å². The quantitative estimate of drug-likeness (QED) is 0.907. The van der Waals surface area contributed by atoms with Gasteiger partial charge >= 0.3 is 0 Å². The highest BCUT2D eigenvalue weighted by Gasteiger charge is 2.35. The van der Waals surface area contributed by atoms with Crippen LogP contribution in [0, 0.1) is 0 Å². The van der Waals surface area contributed by atoms with E-state index in [4.69, 9.17) is 9.47 Å². The van der Waals surface area contributed by atoms with Crippen molar-refractivity contribution in [2.75, 3.05) is 26.1 Å². The number of nitrogens with one attached hydrogen (secondary N) is 1. The molecule has 1 heterocycles. The van der Waals surface area contributed by atoms with Gasteiger partial charge in [0.2, 0.25) is 0 Å². The number of anilines is 1. The predicted molar refractivity (Wildman–Crippen MR) is 103 cm³/mol. The largest absolute Gasteiger partial charge is 0.497 e. The monoisotopic (exact) mass is 354 g/mol. The molecule has 1 atom stereocenters. The summed E-state index contributed by atoms with van der Waals surface area (Å²) in [6, 6.07) is 13.2. The molecule has 1 amide bonds. The lowest BCUT2D eigenvalue weighted by Gasteiger charge is -2.38. The number of methoxy groups -OCH3 is 1. The zero-order chi connectivity index (χ0) is 18.9. The highest BCUT2D eigenvalue weighted by atomic mass is 16.5. The van der Waals surface area contributed by atoms with Crippen molar-refractivity contribution in [1.82, 2.24) is 5.32 Å². The maximum atomic E-state index is 12.8. The molecule has 0 radical (unpaired) electrons. The Balaban J connectivity index is 1.87. The summed E-state index contributed by atoms with van der Waals surface area (Å²) in [4.78, 5) is 14.8. The molecule has 0 bridgehead atoms. The van der Waals surface area contributed by atoms with Gasteiger partial charge in [0.15, 0.2) is 0 Å². The van der Waals surface area contributed by atoms with E-state index in [-0.39, 0.29) is 17.6 Å². The second kappa shape index (κ2) is 6.90. The van der Waals surface area contributed by atoms with Gasteiger partial charge in [-0.2, -0.15) is 0 Å².